The van der Waals surface area contributed by atoms with Gasteiger partial charge in [-0.3, -0.25) is 19.7 Å². The summed E-state index contributed by atoms with van der Waals surface area (Å²) in [5, 5.41) is 16.1. The van der Waals surface area contributed by atoms with Crippen molar-refractivity contribution in [2.75, 3.05) is 11.4 Å². The number of anilines is 1. The Morgan fingerprint density at radius 1 is 1.05 bits per heavy atom. The van der Waals surface area contributed by atoms with E-state index in [4.69, 9.17) is 5.73 Å². The highest BCUT2D eigenvalue weighted by molar-refractivity contribution is 6.25. The Labute approximate surface area is 222 Å². The number of carboxylic acid groups (broad SMARTS) is 1. The summed E-state index contributed by atoms with van der Waals surface area (Å²) in [5.74, 6) is -4.11. The molecular weight excluding hydrogens is 484 g/mol. The monoisotopic (exact) mass is 518 g/mol. The third-order valence-corrected chi connectivity index (χ3v) is 7.61. The lowest BCUT2D eigenvalue weighted by Gasteiger charge is -2.31. The Hall–Kier alpha value is -3.98. The molecule has 0 bridgehead atoms. The molecule has 38 heavy (non-hydrogen) atoms. The van der Waals surface area contributed by atoms with E-state index >= 15 is 0 Å². The summed E-state index contributed by atoms with van der Waals surface area (Å²) in [5.41, 5.74) is 6.66. The van der Waals surface area contributed by atoms with Crippen LogP contribution < -0.4 is 21.3 Å². The zero-order valence-electron chi connectivity index (χ0n) is 21.6. The second kappa shape index (κ2) is 11.2. The van der Waals surface area contributed by atoms with E-state index in [9.17, 15) is 24.3 Å². The Morgan fingerprint density at radius 3 is 2.29 bits per heavy atom. The number of urea groups is 1. The number of carbonyl (C=O) groups is 4. The summed E-state index contributed by atoms with van der Waals surface area (Å²) in [4.78, 5) is 53.4. The number of amides is 4. The topological polar surface area (TPSA) is 142 Å². The number of nitrogens with zero attached hydrogens (tertiary/aromatic N) is 1. The largest absolute Gasteiger partial charge is 0.480 e. The number of primary amides is 1. The second-order valence-electron chi connectivity index (χ2n) is 9.76. The molecule has 2 aliphatic rings. The number of para-hydroxylation sites is 1. The average Bonchev–Trinajstić information content (AvgIpc) is 3.38. The van der Waals surface area contributed by atoms with E-state index in [0.29, 0.717) is 18.5 Å². The first-order valence-electron chi connectivity index (χ1n) is 13.0. The van der Waals surface area contributed by atoms with Crippen molar-refractivity contribution in [1.82, 2.24) is 10.6 Å². The third-order valence-electron chi connectivity index (χ3n) is 7.61. The zero-order valence-corrected chi connectivity index (χ0v) is 21.6. The van der Waals surface area contributed by atoms with Gasteiger partial charge in [-0.1, -0.05) is 74.5 Å². The van der Waals surface area contributed by atoms with Crippen LogP contribution in [0.3, 0.4) is 0 Å². The molecule has 4 unspecified atom stereocenters. The molecule has 2 saturated heterocycles. The number of rotatable bonds is 10. The third kappa shape index (κ3) is 4.81. The number of imide groups is 1. The number of benzene rings is 2. The molecule has 2 heterocycles. The fourth-order valence-corrected chi connectivity index (χ4v) is 5.83. The SMILES string of the molecule is CCc1cccc(CC)c1N1C(=O)C2C(/C=C/c3ccccc3)NC(CCCNC(N)=O)(C(=O)O)C2C1=O. The van der Waals surface area contributed by atoms with Crippen LogP contribution in [0.2, 0.25) is 0 Å². The molecule has 9 heteroatoms. The van der Waals surface area contributed by atoms with Gasteiger partial charge in [-0.15, -0.1) is 0 Å². The number of aliphatic carboxylic acids is 1. The van der Waals surface area contributed by atoms with Crippen LogP contribution in [0.25, 0.3) is 6.08 Å². The van der Waals surface area contributed by atoms with E-state index in [1.165, 1.54) is 4.90 Å². The number of nitrogens with two attached hydrogens (primary N) is 1. The zero-order chi connectivity index (χ0) is 27.4. The highest BCUT2D eigenvalue weighted by atomic mass is 16.4. The van der Waals surface area contributed by atoms with Crippen LogP contribution >= 0.6 is 0 Å². The van der Waals surface area contributed by atoms with Crippen molar-refractivity contribution in [1.29, 1.82) is 0 Å². The number of carboxylic acids is 1. The summed E-state index contributed by atoms with van der Waals surface area (Å²) < 4.78 is 0. The molecule has 0 radical (unpaired) electrons. The predicted molar refractivity (Wildman–Crippen MR) is 144 cm³/mol. The van der Waals surface area contributed by atoms with Gasteiger partial charge < -0.3 is 16.2 Å². The van der Waals surface area contributed by atoms with Gasteiger partial charge in [-0.05, 0) is 42.4 Å². The van der Waals surface area contributed by atoms with Crippen LogP contribution in [0.1, 0.15) is 43.4 Å². The number of hydrogen-bond acceptors (Lipinski definition) is 5. The Kier molecular flexibility index (Phi) is 7.97. The minimum absolute atomic E-state index is 0.0301. The van der Waals surface area contributed by atoms with Crippen molar-refractivity contribution in [3.8, 4) is 0 Å². The molecule has 4 atom stereocenters. The standard InChI is InChI=1S/C29H34N4O5/c1-3-19-12-8-13-20(4-2)24(19)33-25(34)22-21(15-14-18-10-6-5-7-11-18)32-29(27(36)37,23(22)26(33)35)16-9-17-31-28(30)38/h5-8,10-15,21-23,32H,3-4,9,16-17H2,1-2H3,(H,36,37)(H3,30,31,38)/b15-14+. The molecule has 2 aliphatic heterocycles. The number of nitrogens with one attached hydrogen (secondary N) is 2. The van der Waals surface area contributed by atoms with Crippen molar-refractivity contribution in [3.63, 3.8) is 0 Å². The number of carbonyl (C=O) groups excluding carboxylic acids is 3. The Morgan fingerprint density at radius 2 is 1.71 bits per heavy atom. The molecule has 0 spiro atoms. The number of aryl methyl sites for hydroxylation is 2. The lowest BCUT2D eigenvalue weighted by atomic mass is 9.77. The normalized spacial score (nSPS) is 24.7. The van der Waals surface area contributed by atoms with Crippen LogP contribution in [0.4, 0.5) is 10.5 Å². The van der Waals surface area contributed by atoms with Crippen molar-refractivity contribution in [2.45, 2.75) is 51.1 Å². The molecule has 9 nitrogen and oxygen atoms in total. The summed E-state index contributed by atoms with van der Waals surface area (Å²) in [6.07, 6.45) is 5.14. The fraction of sp³-hybridized carbons (Fsp3) is 0.379. The van der Waals surface area contributed by atoms with Gasteiger partial charge in [-0.2, -0.15) is 0 Å². The predicted octanol–water partition coefficient (Wildman–Crippen LogP) is 2.87. The molecule has 0 aromatic heterocycles. The first-order valence-corrected chi connectivity index (χ1v) is 13.0. The lowest BCUT2D eigenvalue weighted by molar-refractivity contribution is -0.149. The average molecular weight is 519 g/mol. The molecule has 200 valence electrons. The maximum absolute atomic E-state index is 14.1. The molecule has 0 aliphatic carbocycles. The van der Waals surface area contributed by atoms with E-state index in [0.717, 1.165) is 16.7 Å². The molecule has 5 N–H and O–H groups in total. The Balaban J connectivity index is 1.79. The number of fused-ring (bicyclic) bond motifs is 1. The minimum Gasteiger partial charge on any atom is -0.480 e. The molecule has 2 aromatic rings. The van der Waals surface area contributed by atoms with E-state index in [2.05, 4.69) is 10.6 Å². The highest BCUT2D eigenvalue weighted by Crippen LogP contribution is 2.48. The van der Waals surface area contributed by atoms with Crippen LogP contribution in [0.5, 0.6) is 0 Å². The van der Waals surface area contributed by atoms with Gasteiger partial charge in [0.2, 0.25) is 11.8 Å². The van der Waals surface area contributed by atoms with Gasteiger partial charge in [0.1, 0.15) is 5.54 Å². The molecule has 2 fully saturated rings. The smallest absolute Gasteiger partial charge is 0.324 e. The van der Waals surface area contributed by atoms with Gasteiger partial charge in [-0.25, -0.2) is 9.69 Å². The van der Waals surface area contributed by atoms with E-state index in [1.54, 1.807) is 6.08 Å². The molecule has 4 amide bonds. The molecule has 4 rings (SSSR count). The summed E-state index contributed by atoms with van der Waals surface area (Å²) in [7, 11) is 0. The van der Waals surface area contributed by atoms with E-state index in [-0.39, 0.29) is 19.4 Å². The maximum atomic E-state index is 14.1. The first-order chi connectivity index (χ1) is 18.2. The quantitative estimate of drug-likeness (QED) is 0.281. The van der Waals surface area contributed by atoms with Gasteiger partial charge in [0, 0.05) is 12.6 Å². The summed E-state index contributed by atoms with van der Waals surface area (Å²) in [6, 6.07) is 13.8. The van der Waals surface area contributed by atoms with Crippen LogP contribution in [-0.2, 0) is 27.2 Å². The Bertz CT molecular complexity index is 1240. The van der Waals surface area contributed by atoms with Crippen LogP contribution in [0.15, 0.2) is 54.6 Å². The molecule has 0 saturated carbocycles. The maximum Gasteiger partial charge on any atom is 0.324 e. The van der Waals surface area contributed by atoms with Crippen LogP contribution in [-0.4, -0.2) is 47.0 Å². The number of hydrogen-bond donors (Lipinski definition) is 4. The van der Waals surface area contributed by atoms with Gasteiger partial charge in [0.05, 0.1) is 17.5 Å². The van der Waals surface area contributed by atoms with Crippen molar-refractivity contribution >= 4 is 35.6 Å². The second-order valence-corrected chi connectivity index (χ2v) is 9.76. The first kappa shape index (κ1) is 27.1. The van der Waals surface area contributed by atoms with E-state index in [1.807, 2.05) is 68.5 Å². The van der Waals surface area contributed by atoms with Gasteiger partial charge in [0.15, 0.2) is 0 Å². The van der Waals surface area contributed by atoms with Crippen molar-refractivity contribution in [3.05, 3.63) is 71.3 Å². The van der Waals surface area contributed by atoms with Crippen molar-refractivity contribution < 1.29 is 24.3 Å². The van der Waals surface area contributed by atoms with E-state index < -0.39 is 47.2 Å². The van der Waals surface area contributed by atoms with Gasteiger partial charge >= 0.3 is 12.0 Å². The minimum atomic E-state index is -1.69. The summed E-state index contributed by atoms with van der Waals surface area (Å²) >= 11 is 0. The van der Waals surface area contributed by atoms with Gasteiger partial charge in [0.25, 0.3) is 0 Å². The van der Waals surface area contributed by atoms with Crippen molar-refractivity contribution in [2.24, 2.45) is 17.6 Å². The molecule has 2 aromatic carbocycles. The fourth-order valence-electron chi connectivity index (χ4n) is 5.83. The molecular formula is C29H34N4O5. The summed E-state index contributed by atoms with van der Waals surface area (Å²) in [6.45, 7) is 4.08. The van der Waals surface area contributed by atoms with Crippen LogP contribution in [0, 0.1) is 11.8 Å². The highest BCUT2D eigenvalue weighted by Gasteiger charge is 2.67. The lowest BCUT2D eigenvalue weighted by Crippen LogP contribution is -2.57.